The van der Waals surface area contributed by atoms with Crippen molar-refractivity contribution in [3.63, 3.8) is 0 Å². The number of hydrogen-bond acceptors (Lipinski definition) is 3. The highest BCUT2D eigenvalue weighted by Crippen LogP contribution is 2.28. The van der Waals surface area contributed by atoms with Crippen LogP contribution >= 0.6 is 24.0 Å². The highest BCUT2D eigenvalue weighted by molar-refractivity contribution is 14.0. The van der Waals surface area contributed by atoms with Gasteiger partial charge in [0.05, 0.1) is 13.2 Å². The molecule has 0 unspecified atom stereocenters. The molecule has 2 rings (SSSR count). The molecule has 0 atom stereocenters. The molecule has 1 fully saturated rings. The summed E-state index contributed by atoms with van der Waals surface area (Å²) in [5.41, 5.74) is 2.62. The Bertz CT molecular complexity index is 546. The summed E-state index contributed by atoms with van der Waals surface area (Å²) in [6.45, 7) is 7.14. The Morgan fingerprint density at radius 2 is 1.88 bits per heavy atom. The van der Waals surface area contributed by atoms with E-state index >= 15 is 0 Å². The molecule has 148 valence electrons. The Morgan fingerprint density at radius 1 is 1.19 bits per heavy atom. The van der Waals surface area contributed by atoms with Crippen molar-refractivity contribution in [2.24, 2.45) is 10.9 Å². The molecule has 0 spiro atoms. The van der Waals surface area contributed by atoms with Crippen molar-refractivity contribution in [3.8, 4) is 0 Å². The lowest BCUT2D eigenvalue weighted by Gasteiger charge is -2.22. The minimum Gasteiger partial charge on any atom is -0.379 e. The molecule has 0 aromatic heterocycles. The van der Waals surface area contributed by atoms with E-state index in [1.54, 1.807) is 0 Å². The van der Waals surface area contributed by atoms with Gasteiger partial charge in [-0.1, -0.05) is 24.3 Å². The van der Waals surface area contributed by atoms with Crippen molar-refractivity contribution in [2.45, 2.75) is 32.9 Å². The Morgan fingerprint density at radius 3 is 2.50 bits per heavy atom. The van der Waals surface area contributed by atoms with E-state index in [9.17, 15) is 0 Å². The van der Waals surface area contributed by atoms with Crippen LogP contribution in [0, 0.1) is 5.92 Å². The maximum Gasteiger partial charge on any atom is 0.194 e. The molecule has 1 aliphatic carbocycles. The minimum absolute atomic E-state index is 0. The van der Waals surface area contributed by atoms with Gasteiger partial charge in [-0.2, -0.15) is 0 Å². The van der Waals surface area contributed by atoms with Gasteiger partial charge in [0.1, 0.15) is 0 Å². The van der Waals surface area contributed by atoms with Crippen LogP contribution in [0.4, 0.5) is 0 Å². The molecular weight excluding hydrogens is 439 g/mol. The van der Waals surface area contributed by atoms with E-state index in [-0.39, 0.29) is 24.0 Å². The van der Waals surface area contributed by atoms with Crippen LogP contribution < -0.4 is 5.32 Å². The van der Waals surface area contributed by atoms with Gasteiger partial charge in [-0.05, 0) is 50.9 Å². The first-order valence-electron chi connectivity index (χ1n) is 9.38. The van der Waals surface area contributed by atoms with Gasteiger partial charge in [-0.15, -0.1) is 24.0 Å². The van der Waals surface area contributed by atoms with E-state index in [2.05, 4.69) is 67.4 Å². The van der Waals surface area contributed by atoms with Crippen molar-refractivity contribution in [1.82, 2.24) is 15.1 Å². The molecule has 5 nitrogen and oxygen atoms in total. The lowest BCUT2D eigenvalue weighted by molar-refractivity contribution is 0.115. The summed E-state index contributed by atoms with van der Waals surface area (Å²) in [4.78, 5) is 9.18. The highest BCUT2D eigenvalue weighted by atomic mass is 127. The van der Waals surface area contributed by atoms with Gasteiger partial charge < -0.3 is 19.9 Å². The summed E-state index contributed by atoms with van der Waals surface area (Å²) in [6, 6.07) is 8.55. The maximum absolute atomic E-state index is 5.75. The fraction of sp³-hybridized carbons (Fsp3) is 0.650. The molecule has 1 N–H and O–H groups in total. The molecule has 1 saturated carbocycles. The fourth-order valence-electron chi connectivity index (χ4n) is 2.68. The van der Waals surface area contributed by atoms with Crippen molar-refractivity contribution in [1.29, 1.82) is 0 Å². The molecule has 26 heavy (non-hydrogen) atoms. The molecule has 6 heteroatoms. The van der Waals surface area contributed by atoms with Crippen LogP contribution in [0.15, 0.2) is 29.3 Å². The minimum atomic E-state index is 0. The van der Waals surface area contributed by atoms with Gasteiger partial charge in [0.25, 0.3) is 0 Å². The normalized spacial score (nSPS) is 14.3. The lowest BCUT2D eigenvalue weighted by atomic mass is 10.1. The first-order valence-corrected chi connectivity index (χ1v) is 9.38. The molecule has 0 bridgehead atoms. The third kappa shape index (κ3) is 8.68. The summed E-state index contributed by atoms with van der Waals surface area (Å²) in [7, 11) is 6.27. The third-order valence-corrected chi connectivity index (χ3v) is 4.32. The number of ether oxygens (including phenoxy) is 1. The van der Waals surface area contributed by atoms with Gasteiger partial charge in [0.2, 0.25) is 0 Å². The lowest BCUT2D eigenvalue weighted by Crippen LogP contribution is -2.40. The van der Waals surface area contributed by atoms with Crippen molar-refractivity contribution < 1.29 is 4.74 Å². The smallest absolute Gasteiger partial charge is 0.194 e. The topological polar surface area (TPSA) is 40.1 Å². The molecule has 1 aliphatic rings. The van der Waals surface area contributed by atoms with Crippen LogP contribution in [-0.2, 0) is 17.8 Å². The van der Waals surface area contributed by atoms with Crippen LogP contribution in [0.3, 0.4) is 0 Å². The summed E-state index contributed by atoms with van der Waals surface area (Å²) in [5.74, 6) is 1.76. The van der Waals surface area contributed by atoms with E-state index in [0.717, 1.165) is 44.7 Å². The predicted molar refractivity (Wildman–Crippen MR) is 120 cm³/mol. The number of likely N-dealkylation sites (N-methyl/N-ethyl adjacent to an activating group) is 1. The average Bonchev–Trinajstić information content (AvgIpc) is 3.40. The van der Waals surface area contributed by atoms with Crippen LogP contribution in [0.1, 0.15) is 30.9 Å². The summed E-state index contributed by atoms with van der Waals surface area (Å²) in [6.07, 6.45) is 2.68. The van der Waals surface area contributed by atoms with Gasteiger partial charge in [-0.25, -0.2) is 4.99 Å². The van der Waals surface area contributed by atoms with Crippen molar-refractivity contribution in [3.05, 3.63) is 35.4 Å². The Hall–Kier alpha value is -0.860. The van der Waals surface area contributed by atoms with Gasteiger partial charge in [0, 0.05) is 33.3 Å². The monoisotopic (exact) mass is 474 g/mol. The number of aliphatic imine (C=N–C) groups is 1. The SMILES string of the molecule is CCNC(=NCc1ccccc1CN(C)C)N(C)CCOCC1CC1.I. The quantitative estimate of drug-likeness (QED) is 0.245. The molecule has 0 radical (unpaired) electrons. The number of halogens is 1. The van der Waals surface area contributed by atoms with E-state index in [1.807, 2.05) is 0 Å². The second kappa shape index (κ2) is 12.5. The van der Waals surface area contributed by atoms with E-state index < -0.39 is 0 Å². The number of guanidine groups is 1. The molecule has 0 aliphatic heterocycles. The standard InChI is InChI=1S/C20H34N4O.HI/c1-5-21-20(24(4)12-13-25-16-17-10-11-17)22-14-18-8-6-7-9-19(18)15-23(2)3;/h6-9,17H,5,10-16H2,1-4H3,(H,21,22);1H. The fourth-order valence-corrected chi connectivity index (χ4v) is 2.68. The third-order valence-electron chi connectivity index (χ3n) is 4.32. The van der Waals surface area contributed by atoms with Gasteiger partial charge >= 0.3 is 0 Å². The summed E-state index contributed by atoms with van der Waals surface area (Å²) < 4.78 is 5.75. The van der Waals surface area contributed by atoms with E-state index in [0.29, 0.717) is 6.54 Å². The second-order valence-electron chi connectivity index (χ2n) is 7.12. The van der Waals surface area contributed by atoms with Crippen LogP contribution in [-0.4, -0.2) is 63.2 Å². The van der Waals surface area contributed by atoms with E-state index in [1.165, 1.54) is 24.0 Å². The average molecular weight is 474 g/mol. The summed E-state index contributed by atoms with van der Waals surface area (Å²) >= 11 is 0. The van der Waals surface area contributed by atoms with Crippen LogP contribution in [0.2, 0.25) is 0 Å². The number of benzene rings is 1. The zero-order valence-corrected chi connectivity index (χ0v) is 19.0. The van der Waals surface area contributed by atoms with Crippen molar-refractivity contribution >= 4 is 29.9 Å². The van der Waals surface area contributed by atoms with Gasteiger partial charge in [-0.3, -0.25) is 0 Å². The number of rotatable bonds is 10. The Balaban J connectivity index is 0.00000338. The maximum atomic E-state index is 5.75. The second-order valence-corrected chi connectivity index (χ2v) is 7.12. The van der Waals surface area contributed by atoms with E-state index in [4.69, 9.17) is 9.73 Å². The zero-order chi connectivity index (χ0) is 18.1. The number of nitrogens with zero attached hydrogens (tertiary/aromatic N) is 3. The first-order chi connectivity index (χ1) is 12.1. The molecule has 0 heterocycles. The molecule has 0 saturated heterocycles. The van der Waals surface area contributed by atoms with Crippen LogP contribution in [0.25, 0.3) is 0 Å². The molecular formula is C20H35IN4O. The van der Waals surface area contributed by atoms with Gasteiger partial charge in [0.15, 0.2) is 5.96 Å². The molecule has 0 amide bonds. The largest absolute Gasteiger partial charge is 0.379 e. The molecule has 1 aromatic carbocycles. The Kier molecular flexibility index (Phi) is 11.2. The number of hydrogen-bond donors (Lipinski definition) is 1. The van der Waals surface area contributed by atoms with Crippen LogP contribution in [0.5, 0.6) is 0 Å². The Labute approximate surface area is 176 Å². The summed E-state index contributed by atoms with van der Waals surface area (Å²) in [5, 5.41) is 3.38. The number of nitrogens with one attached hydrogen (secondary N) is 1. The van der Waals surface area contributed by atoms with Crippen molar-refractivity contribution in [2.75, 3.05) is 47.4 Å². The highest BCUT2D eigenvalue weighted by Gasteiger charge is 2.21. The zero-order valence-electron chi connectivity index (χ0n) is 16.7. The predicted octanol–water partition coefficient (Wildman–Crippen LogP) is 3.19. The molecule has 1 aromatic rings. The first kappa shape index (κ1) is 23.2.